The van der Waals surface area contributed by atoms with E-state index in [1.165, 1.54) is 33.6 Å². The molecule has 1 aliphatic rings. The van der Waals surface area contributed by atoms with E-state index in [4.69, 9.17) is 17.3 Å². The minimum Gasteiger partial charge on any atom is -0.358 e. The van der Waals surface area contributed by atoms with Gasteiger partial charge >= 0.3 is 5.82 Å². The molecule has 0 amide bonds. The maximum absolute atomic E-state index is 14.0. The van der Waals surface area contributed by atoms with Crippen LogP contribution in [0, 0.1) is 22.9 Å². The van der Waals surface area contributed by atoms with Crippen molar-refractivity contribution in [3.05, 3.63) is 68.7 Å². The molecule has 0 saturated heterocycles. The fourth-order valence-corrected chi connectivity index (χ4v) is 4.01. The van der Waals surface area contributed by atoms with Crippen molar-refractivity contribution in [1.82, 2.24) is 19.6 Å². The standard InChI is InChI=1S/C17H16ClFN8O2S/c1-10-7-15(27(28)29)22-25(10)9-16-23-26(17(20)30-16)14-5-6-24(21-14)8-11-12(18)3-2-4-13(11)19/h2-7,17H,8-9,20H2,1H3. The lowest BCUT2D eigenvalue weighted by atomic mass is 10.2. The summed E-state index contributed by atoms with van der Waals surface area (Å²) in [5.74, 6) is -0.139. The lowest BCUT2D eigenvalue weighted by Crippen LogP contribution is -2.32. The van der Waals surface area contributed by atoms with Gasteiger partial charge in [0.25, 0.3) is 0 Å². The van der Waals surface area contributed by atoms with Crippen molar-refractivity contribution in [2.45, 2.75) is 25.5 Å². The molecule has 13 heteroatoms. The highest BCUT2D eigenvalue weighted by molar-refractivity contribution is 8.14. The Bertz CT molecular complexity index is 1130. The predicted octanol–water partition coefficient (Wildman–Crippen LogP) is 2.95. The number of hydrogen-bond donors (Lipinski definition) is 1. The zero-order chi connectivity index (χ0) is 21.4. The van der Waals surface area contributed by atoms with Gasteiger partial charge in [-0.1, -0.05) is 29.4 Å². The average molecular weight is 451 g/mol. The normalized spacial score (nSPS) is 16.2. The maximum atomic E-state index is 14.0. The third-order valence-corrected chi connectivity index (χ3v) is 5.68. The molecule has 2 N–H and O–H groups in total. The number of rotatable bonds is 6. The van der Waals surface area contributed by atoms with Crippen LogP contribution in [-0.2, 0) is 13.1 Å². The van der Waals surface area contributed by atoms with Crippen LogP contribution < -0.4 is 10.7 Å². The van der Waals surface area contributed by atoms with E-state index in [-0.39, 0.29) is 18.9 Å². The molecule has 1 aromatic carbocycles. The Morgan fingerprint density at radius 3 is 2.83 bits per heavy atom. The molecule has 0 radical (unpaired) electrons. The first-order valence-corrected chi connectivity index (χ1v) is 10.0. The second kappa shape index (κ2) is 8.05. The Morgan fingerprint density at radius 1 is 1.33 bits per heavy atom. The highest BCUT2D eigenvalue weighted by atomic mass is 35.5. The van der Waals surface area contributed by atoms with E-state index < -0.39 is 16.2 Å². The number of halogens is 2. The van der Waals surface area contributed by atoms with Gasteiger partial charge in [0.15, 0.2) is 11.3 Å². The third-order valence-electron chi connectivity index (χ3n) is 4.40. The third kappa shape index (κ3) is 4.01. The van der Waals surface area contributed by atoms with Gasteiger partial charge in [0, 0.05) is 22.8 Å². The summed E-state index contributed by atoms with van der Waals surface area (Å²) < 4.78 is 17.1. The number of hydrogen-bond acceptors (Lipinski definition) is 8. The molecule has 0 aliphatic carbocycles. The second-order valence-corrected chi connectivity index (χ2v) is 8.07. The maximum Gasteiger partial charge on any atom is 0.390 e. The SMILES string of the molecule is Cc1cc([N+](=O)[O-])nn1CC1=NN(c2ccn(Cc3c(F)cccc3Cl)n2)C(N)S1. The molecule has 1 atom stereocenters. The van der Waals surface area contributed by atoms with Crippen LogP contribution >= 0.6 is 23.4 Å². The van der Waals surface area contributed by atoms with Gasteiger partial charge in [0.1, 0.15) is 17.4 Å². The van der Waals surface area contributed by atoms with Crippen LogP contribution in [0.2, 0.25) is 5.02 Å². The van der Waals surface area contributed by atoms with Gasteiger partial charge < -0.3 is 15.8 Å². The molecule has 0 fully saturated rings. The first-order valence-electron chi connectivity index (χ1n) is 8.76. The Labute approximate surface area is 179 Å². The fourth-order valence-electron chi connectivity index (χ4n) is 2.92. The number of aromatic nitrogens is 4. The summed E-state index contributed by atoms with van der Waals surface area (Å²) in [5, 5.41) is 26.2. The average Bonchev–Trinajstić information content (AvgIpc) is 3.38. The Morgan fingerprint density at radius 2 is 2.13 bits per heavy atom. The summed E-state index contributed by atoms with van der Waals surface area (Å²) in [6.07, 6.45) is 1.68. The summed E-state index contributed by atoms with van der Waals surface area (Å²) in [5.41, 5.74) is 6.62. The number of thioether (sulfide) groups is 1. The molecule has 2 aromatic heterocycles. The fraction of sp³-hybridized carbons (Fsp3) is 0.235. The molecule has 30 heavy (non-hydrogen) atoms. The van der Waals surface area contributed by atoms with Crippen molar-refractivity contribution in [2.75, 3.05) is 5.01 Å². The van der Waals surface area contributed by atoms with Crippen molar-refractivity contribution in [3.8, 4) is 0 Å². The number of hydrazone groups is 1. The van der Waals surface area contributed by atoms with E-state index in [2.05, 4.69) is 15.3 Å². The first kappa shape index (κ1) is 20.3. The molecule has 156 valence electrons. The van der Waals surface area contributed by atoms with E-state index in [9.17, 15) is 14.5 Å². The van der Waals surface area contributed by atoms with Crippen LogP contribution in [0.25, 0.3) is 0 Å². The number of anilines is 1. The monoisotopic (exact) mass is 450 g/mol. The van der Waals surface area contributed by atoms with E-state index in [0.717, 1.165) is 0 Å². The summed E-state index contributed by atoms with van der Waals surface area (Å²) in [7, 11) is 0. The van der Waals surface area contributed by atoms with Gasteiger partial charge in [-0.3, -0.25) is 4.68 Å². The topological polar surface area (TPSA) is 120 Å². The number of benzene rings is 1. The molecule has 1 aliphatic heterocycles. The van der Waals surface area contributed by atoms with Crippen molar-refractivity contribution in [3.63, 3.8) is 0 Å². The molecule has 0 saturated carbocycles. The van der Waals surface area contributed by atoms with Gasteiger partial charge in [0.2, 0.25) is 0 Å². The van der Waals surface area contributed by atoms with Gasteiger partial charge in [-0.05, 0) is 24.0 Å². The van der Waals surface area contributed by atoms with Gasteiger partial charge in [-0.15, -0.1) is 0 Å². The van der Waals surface area contributed by atoms with Crippen LogP contribution in [-0.4, -0.2) is 35.0 Å². The largest absolute Gasteiger partial charge is 0.390 e. The van der Waals surface area contributed by atoms with Crippen molar-refractivity contribution < 1.29 is 9.31 Å². The van der Waals surface area contributed by atoms with E-state index in [1.54, 1.807) is 36.0 Å². The first-order chi connectivity index (χ1) is 14.3. The smallest absolute Gasteiger partial charge is 0.358 e. The van der Waals surface area contributed by atoms with Crippen LogP contribution in [0.1, 0.15) is 11.3 Å². The number of nitro groups is 1. The van der Waals surface area contributed by atoms with Crippen LogP contribution in [0.4, 0.5) is 16.0 Å². The van der Waals surface area contributed by atoms with Gasteiger partial charge in [0.05, 0.1) is 23.4 Å². The lowest BCUT2D eigenvalue weighted by Gasteiger charge is -2.15. The quantitative estimate of drug-likeness (QED) is 0.452. The molecule has 3 heterocycles. The molecule has 3 aromatic rings. The number of nitrogens with two attached hydrogens (primary N) is 1. The van der Waals surface area contributed by atoms with Crippen LogP contribution in [0.5, 0.6) is 0 Å². The lowest BCUT2D eigenvalue weighted by molar-refractivity contribution is -0.389. The summed E-state index contributed by atoms with van der Waals surface area (Å²) in [6, 6.07) is 7.62. The van der Waals surface area contributed by atoms with Crippen LogP contribution in [0.3, 0.4) is 0 Å². The van der Waals surface area contributed by atoms with E-state index in [0.29, 0.717) is 27.1 Å². The highest BCUT2D eigenvalue weighted by Crippen LogP contribution is 2.29. The zero-order valence-corrected chi connectivity index (χ0v) is 17.2. The Balaban J connectivity index is 1.51. The summed E-state index contributed by atoms with van der Waals surface area (Å²) in [4.78, 5) is 10.3. The van der Waals surface area contributed by atoms with Crippen molar-refractivity contribution in [1.29, 1.82) is 0 Å². The summed E-state index contributed by atoms with van der Waals surface area (Å²) >= 11 is 7.38. The van der Waals surface area contributed by atoms with Crippen molar-refractivity contribution >= 4 is 40.0 Å². The minimum atomic E-state index is -0.542. The van der Waals surface area contributed by atoms with Gasteiger partial charge in [-0.2, -0.15) is 14.9 Å². The minimum absolute atomic E-state index is 0.161. The highest BCUT2D eigenvalue weighted by Gasteiger charge is 2.29. The molecular weight excluding hydrogens is 435 g/mol. The number of nitrogens with zero attached hydrogens (tertiary/aromatic N) is 7. The molecule has 1 unspecified atom stereocenters. The number of aryl methyl sites for hydroxylation is 1. The van der Waals surface area contributed by atoms with Gasteiger partial charge in [-0.25, -0.2) is 9.40 Å². The van der Waals surface area contributed by atoms with Crippen molar-refractivity contribution in [2.24, 2.45) is 10.8 Å². The predicted molar refractivity (Wildman–Crippen MR) is 112 cm³/mol. The molecule has 10 nitrogen and oxygen atoms in total. The summed E-state index contributed by atoms with van der Waals surface area (Å²) in [6.45, 7) is 2.14. The zero-order valence-electron chi connectivity index (χ0n) is 15.6. The van der Waals surface area contributed by atoms with E-state index in [1.807, 2.05) is 0 Å². The van der Waals surface area contributed by atoms with E-state index >= 15 is 0 Å². The Hall–Kier alpha value is -2.96. The molecular formula is C17H16ClFN8O2S. The second-order valence-electron chi connectivity index (χ2n) is 6.48. The molecule has 4 rings (SSSR count). The van der Waals surface area contributed by atoms with Crippen LogP contribution in [0.15, 0.2) is 41.6 Å². The molecule has 0 bridgehead atoms. The molecule has 0 spiro atoms. The Kier molecular flexibility index (Phi) is 5.45.